The van der Waals surface area contributed by atoms with Crippen LogP contribution in [-0.4, -0.2) is 12.0 Å². The van der Waals surface area contributed by atoms with Crippen LogP contribution in [0.5, 0.6) is 0 Å². The first kappa shape index (κ1) is 9.93. The lowest BCUT2D eigenvalue weighted by atomic mass is 10.1. The zero-order valence-electron chi connectivity index (χ0n) is 8.68. The quantitative estimate of drug-likeness (QED) is 0.825. The predicted octanol–water partition coefficient (Wildman–Crippen LogP) is 2.18. The first-order chi connectivity index (χ1) is 7.40. The highest BCUT2D eigenvalue weighted by atomic mass is 16.3. The van der Waals surface area contributed by atoms with Gasteiger partial charge in [-0.25, -0.2) is 0 Å². The summed E-state index contributed by atoms with van der Waals surface area (Å²) >= 11 is 0. The van der Waals surface area contributed by atoms with E-state index in [2.05, 4.69) is 10.3 Å². The van der Waals surface area contributed by atoms with Gasteiger partial charge >= 0.3 is 0 Å². The first-order valence-corrected chi connectivity index (χ1v) is 4.99. The Balaban J connectivity index is 2.10. The molecule has 2 rings (SSSR count). The van der Waals surface area contributed by atoms with Gasteiger partial charge in [-0.15, -0.1) is 0 Å². The molecular weight excluding hydrogens is 188 g/mol. The molecule has 0 radical (unpaired) electrons. The molecule has 1 unspecified atom stereocenters. The van der Waals surface area contributed by atoms with Gasteiger partial charge in [0.05, 0.1) is 12.3 Å². The number of rotatable bonds is 4. The number of furan rings is 1. The summed E-state index contributed by atoms with van der Waals surface area (Å²) in [7, 11) is 1.94. The normalized spacial score (nSPS) is 12.6. The summed E-state index contributed by atoms with van der Waals surface area (Å²) in [6, 6.07) is 8.16. The maximum atomic E-state index is 5.38. The lowest BCUT2D eigenvalue weighted by molar-refractivity contribution is 0.429. The van der Waals surface area contributed by atoms with E-state index in [1.165, 1.54) is 5.56 Å². The van der Waals surface area contributed by atoms with Crippen LogP contribution in [0.1, 0.15) is 17.4 Å². The van der Waals surface area contributed by atoms with Crippen LogP contribution >= 0.6 is 0 Å². The number of hydrogen-bond donors (Lipinski definition) is 1. The summed E-state index contributed by atoms with van der Waals surface area (Å²) in [5, 5.41) is 3.24. The number of likely N-dealkylation sites (N-methyl/N-ethyl adjacent to an activating group) is 1. The van der Waals surface area contributed by atoms with E-state index in [4.69, 9.17) is 4.42 Å². The minimum atomic E-state index is 0.224. The molecule has 0 amide bonds. The van der Waals surface area contributed by atoms with Crippen molar-refractivity contribution in [3.63, 3.8) is 0 Å². The Hall–Kier alpha value is -1.61. The molecule has 1 N–H and O–H groups in total. The molecule has 0 saturated carbocycles. The second-order valence-corrected chi connectivity index (χ2v) is 3.42. The van der Waals surface area contributed by atoms with Gasteiger partial charge in [-0.1, -0.05) is 0 Å². The van der Waals surface area contributed by atoms with E-state index in [1.54, 1.807) is 6.26 Å². The molecule has 2 aromatic rings. The van der Waals surface area contributed by atoms with Gasteiger partial charge in [-0.05, 0) is 43.3 Å². The second kappa shape index (κ2) is 4.75. The van der Waals surface area contributed by atoms with Gasteiger partial charge in [0.15, 0.2) is 0 Å². The van der Waals surface area contributed by atoms with Gasteiger partial charge in [0.2, 0.25) is 0 Å². The molecule has 0 aromatic carbocycles. The largest absolute Gasteiger partial charge is 0.468 e. The van der Waals surface area contributed by atoms with Crippen LogP contribution < -0.4 is 5.32 Å². The smallest absolute Gasteiger partial charge is 0.121 e. The average molecular weight is 202 g/mol. The van der Waals surface area contributed by atoms with E-state index in [-0.39, 0.29) is 6.04 Å². The highest BCUT2D eigenvalue weighted by molar-refractivity contribution is 5.15. The number of hydrogen-bond acceptors (Lipinski definition) is 3. The molecule has 3 nitrogen and oxygen atoms in total. The SMILES string of the molecule is CNC(Cc1ccncc1)c1ccco1. The van der Waals surface area contributed by atoms with Crippen molar-refractivity contribution in [1.82, 2.24) is 10.3 Å². The highest BCUT2D eigenvalue weighted by Gasteiger charge is 2.12. The molecule has 0 fully saturated rings. The van der Waals surface area contributed by atoms with Crippen molar-refractivity contribution >= 4 is 0 Å². The van der Waals surface area contributed by atoms with Gasteiger partial charge in [0, 0.05) is 12.4 Å². The molecular formula is C12H14N2O. The van der Waals surface area contributed by atoms with Gasteiger partial charge < -0.3 is 9.73 Å². The minimum absolute atomic E-state index is 0.224. The number of nitrogens with one attached hydrogen (secondary N) is 1. The van der Waals surface area contributed by atoms with E-state index in [9.17, 15) is 0 Å². The molecule has 78 valence electrons. The average Bonchev–Trinajstić information content (AvgIpc) is 2.81. The van der Waals surface area contributed by atoms with Crippen LogP contribution in [0.25, 0.3) is 0 Å². The first-order valence-electron chi connectivity index (χ1n) is 4.99. The fraction of sp³-hybridized carbons (Fsp3) is 0.250. The summed E-state index contributed by atoms with van der Waals surface area (Å²) in [6.07, 6.45) is 6.23. The summed E-state index contributed by atoms with van der Waals surface area (Å²) in [6.45, 7) is 0. The highest BCUT2D eigenvalue weighted by Crippen LogP contribution is 2.17. The Morgan fingerprint density at radius 1 is 1.33 bits per heavy atom. The Bertz CT molecular complexity index is 383. The zero-order valence-corrected chi connectivity index (χ0v) is 8.68. The molecule has 0 bridgehead atoms. The summed E-state index contributed by atoms with van der Waals surface area (Å²) in [5.74, 6) is 0.967. The third-order valence-corrected chi connectivity index (χ3v) is 2.42. The molecule has 2 aromatic heterocycles. The van der Waals surface area contributed by atoms with E-state index in [0.29, 0.717) is 0 Å². The Morgan fingerprint density at radius 3 is 2.73 bits per heavy atom. The molecule has 2 heterocycles. The Morgan fingerprint density at radius 2 is 2.13 bits per heavy atom. The Labute approximate surface area is 89.1 Å². The van der Waals surface area contributed by atoms with Crippen LogP contribution in [0.4, 0.5) is 0 Å². The van der Waals surface area contributed by atoms with Crippen LogP contribution in [0.15, 0.2) is 47.3 Å². The number of nitrogens with zero attached hydrogens (tertiary/aromatic N) is 1. The Kier molecular flexibility index (Phi) is 3.15. The van der Waals surface area contributed by atoms with E-state index < -0.39 is 0 Å². The summed E-state index contributed by atoms with van der Waals surface area (Å²) in [4.78, 5) is 4.00. The molecule has 15 heavy (non-hydrogen) atoms. The molecule has 0 aliphatic carbocycles. The topological polar surface area (TPSA) is 38.1 Å². The fourth-order valence-corrected chi connectivity index (χ4v) is 1.59. The van der Waals surface area contributed by atoms with E-state index >= 15 is 0 Å². The van der Waals surface area contributed by atoms with E-state index in [0.717, 1.165) is 12.2 Å². The van der Waals surface area contributed by atoms with Crippen molar-refractivity contribution < 1.29 is 4.42 Å². The van der Waals surface area contributed by atoms with Gasteiger partial charge in [-0.3, -0.25) is 4.98 Å². The van der Waals surface area contributed by atoms with Crippen molar-refractivity contribution in [3.8, 4) is 0 Å². The van der Waals surface area contributed by atoms with Crippen molar-refractivity contribution in [2.24, 2.45) is 0 Å². The van der Waals surface area contributed by atoms with Crippen molar-refractivity contribution in [2.75, 3.05) is 7.05 Å². The van der Waals surface area contributed by atoms with E-state index in [1.807, 2.05) is 43.7 Å². The summed E-state index contributed by atoms with van der Waals surface area (Å²) < 4.78 is 5.38. The molecule has 0 spiro atoms. The second-order valence-electron chi connectivity index (χ2n) is 3.42. The van der Waals surface area contributed by atoms with Crippen LogP contribution in [-0.2, 0) is 6.42 Å². The molecule has 1 atom stereocenters. The van der Waals surface area contributed by atoms with Crippen molar-refractivity contribution in [3.05, 3.63) is 54.2 Å². The number of pyridine rings is 1. The maximum Gasteiger partial charge on any atom is 0.121 e. The molecule has 0 aliphatic rings. The lowest BCUT2D eigenvalue weighted by Gasteiger charge is -2.13. The fourth-order valence-electron chi connectivity index (χ4n) is 1.59. The molecule has 0 aliphatic heterocycles. The minimum Gasteiger partial charge on any atom is -0.468 e. The van der Waals surface area contributed by atoms with Crippen molar-refractivity contribution in [1.29, 1.82) is 0 Å². The van der Waals surface area contributed by atoms with Crippen LogP contribution in [0, 0.1) is 0 Å². The molecule has 3 heteroatoms. The van der Waals surface area contributed by atoms with Crippen molar-refractivity contribution in [2.45, 2.75) is 12.5 Å². The number of aromatic nitrogens is 1. The summed E-state index contributed by atoms with van der Waals surface area (Å²) in [5.41, 5.74) is 1.25. The van der Waals surface area contributed by atoms with Crippen LogP contribution in [0.2, 0.25) is 0 Å². The standard InChI is InChI=1S/C12H14N2O/c1-13-11(12-3-2-8-15-12)9-10-4-6-14-7-5-10/h2-8,11,13H,9H2,1H3. The van der Waals surface area contributed by atoms with Gasteiger partial charge in [0.25, 0.3) is 0 Å². The zero-order chi connectivity index (χ0) is 10.5. The molecule has 0 saturated heterocycles. The third kappa shape index (κ3) is 2.44. The monoisotopic (exact) mass is 202 g/mol. The van der Waals surface area contributed by atoms with Crippen LogP contribution in [0.3, 0.4) is 0 Å². The predicted molar refractivity (Wildman–Crippen MR) is 58.4 cm³/mol. The lowest BCUT2D eigenvalue weighted by Crippen LogP contribution is -2.18. The third-order valence-electron chi connectivity index (χ3n) is 2.42. The van der Waals surface area contributed by atoms with Gasteiger partial charge in [-0.2, -0.15) is 0 Å². The van der Waals surface area contributed by atoms with Gasteiger partial charge in [0.1, 0.15) is 5.76 Å². The maximum absolute atomic E-state index is 5.38.